The molecule has 116 valence electrons. The zero-order chi connectivity index (χ0) is 15.2. The lowest BCUT2D eigenvalue weighted by Gasteiger charge is -2.15. The first-order valence-corrected chi connectivity index (χ1v) is 7.38. The Morgan fingerprint density at radius 2 is 2.14 bits per heavy atom. The van der Waals surface area contributed by atoms with Crippen molar-refractivity contribution < 1.29 is 19.0 Å². The molecule has 1 aromatic rings. The molecule has 1 unspecified atom stereocenters. The third-order valence-corrected chi connectivity index (χ3v) is 3.57. The van der Waals surface area contributed by atoms with Gasteiger partial charge in [0.15, 0.2) is 11.5 Å². The van der Waals surface area contributed by atoms with Crippen molar-refractivity contribution in [3.8, 4) is 11.5 Å². The Balaban J connectivity index is 2.05. The van der Waals surface area contributed by atoms with E-state index < -0.39 is 0 Å². The van der Waals surface area contributed by atoms with Crippen LogP contribution < -0.4 is 15.2 Å². The van der Waals surface area contributed by atoms with Crippen molar-refractivity contribution in [1.29, 1.82) is 0 Å². The molecule has 1 aliphatic carbocycles. The van der Waals surface area contributed by atoms with E-state index in [2.05, 4.69) is 10.8 Å². The minimum Gasteiger partial charge on any atom is -0.490 e. The van der Waals surface area contributed by atoms with Crippen LogP contribution >= 0.6 is 0 Å². The van der Waals surface area contributed by atoms with E-state index in [0.29, 0.717) is 26.1 Å². The number of ether oxygens (including phenoxy) is 3. The van der Waals surface area contributed by atoms with Crippen LogP contribution in [0, 0.1) is 0 Å². The standard InChI is InChI=1S/C16H23NO4/c1-3-20-14-7-6-11-9-12(17)10-13(11)16(14)21-8-4-5-15(18)19-2/h6-7,12H,3-5,8-10,17H2,1-2H3. The average Bonchev–Trinajstić information content (AvgIpc) is 2.85. The van der Waals surface area contributed by atoms with Gasteiger partial charge < -0.3 is 19.9 Å². The van der Waals surface area contributed by atoms with Crippen LogP contribution in [0.5, 0.6) is 11.5 Å². The molecule has 2 N–H and O–H groups in total. The number of fused-ring (bicyclic) bond motifs is 1. The molecular formula is C16H23NO4. The number of benzene rings is 1. The first kappa shape index (κ1) is 15.6. The third-order valence-electron chi connectivity index (χ3n) is 3.57. The van der Waals surface area contributed by atoms with Crippen molar-refractivity contribution in [2.75, 3.05) is 20.3 Å². The SMILES string of the molecule is CCOc1ccc2c(c1OCCCC(=O)OC)CC(N)C2. The number of hydrogen-bond donors (Lipinski definition) is 1. The number of esters is 1. The molecule has 1 aromatic carbocycles. The highest BCUT2D eigenvalue weighted by Gasteiger charge is 2.24. The highest BCUT2D eigenvalue weighted by Crippen LogP contribution is 2.38. The molecule has 0 amide bonds. The Labute approximate surface area is 125 Å². The van der Waals surface area contributed by atoms with Gasteiger partial charge in [-0.05, 0) is 37.8 Å². The summed E-state index contributed by atoms with van der Waals surface area (Å²) in [5, 5.41) is 0. The van der Waals surface area contributed by atoms with Gasteiger partial charge >= 0.3 is 5.97 Å². The van der Waals surface area contributed by atoms with Crippen molar-refractivity contribution in [1.82, 2.24) is 0 Å². The zero-order valence-corrected chi connectivity index (χ0v) is 12.7. The fourth-order valence-electron chi connectivity index (χ4n) is 2.60. The number of rotatable bonds is 7. The number of carbonyl (C=O) groups excluding carboxylic acids is 1. The van der Waals surface area contributed by atoms with Crippen molar-refractivity contribution in [3.05, 3.63) is 23.3 Å². The van der Waals surface area contributed by atoms with E-state index in [4.69, 9.17) is 15.2 Å². The molecule has 0 heterocycles. The summed E-state index contributed by atoms with van der Waals surface area (Å²) in [5.74, 6) is 1.32. The second kappa shape index (κ2) is 7.31. The summed E-state index contributed by atoms with van der Waals surface area (Å²) in [5.41, 5.74) is 8.41. The Kier molecular flexibility index (Phi) is 5.44. The van der Waals surface area contributed by atoms with E-state index in [-0.39, 0.29) is 12.0 Å². The minimum absolute atomic E-state index is 0.147. The Bertz CT molecular complexity index is 501. The average molecular weight is 293 g/mol. The van der Waals surface area contributed by atoms with Crippen LogP contribution in [0.3, 0.4) is 0 Å². The second-order valence-electron chi connectivity index (χ2n) is 5.16. The molecule has 5 nitrogen and oxygen atoms in total. The van der Waals surface area contributed by atoms with E-state index in [0.717, 1.165) is 29.9 Å². The van der Waals surface area contributed by atoms with E-state index in [1.807, 2.05) is 13.0 Å². The van der Waals surface area contributed by atoms with Gasteiger partial charge in [-0.1, -0.05) is 6.07 Å². The first-order valence-electron chi connectivity index (χ1n) is 7.38. The number of nitrogens with two attached hydrogens (primary N) is 1. The molecule has 5 heteroatoms. The maximum absolute atomic E-state index is 11.1. The van der Waals surface area contributed by atoms with Crippen LogP contribution in [0.1, 0.15) is 30.9 Å². The van der Waals surface area contributed by atoms with E-state index in [1.165, 1.54) is 12.7 Å². The molecule has 0 aromatic heterocycles. The fraction of sp³-hybridized carbons (Fsp3) is 0.562. The molecule has 0 fully saturated rings. The van der Waals surface area contributed by atoms with Crippen LogP contribution in [0.4, 0.5) is 0 Å². The zero-order valence-electron chi connectivity index (χ0n) is 12.7. The lowest BCUT2D eigenvalue weighted by Crippen LogP contribution is -2.19. The number of methoxy groups -OCH3 is 1. The van der Waals surface area contributed by atoms with Crippen LogP contribution in [-0.4, -0.2) is 32.3 Å². The normalized spacial score (nSPS) is 16.4. The molecule has 1 atom stereocenters. The Morgan fingerprint density at radius 3 is 2.86 bits per heavy atom. The highest BCUT2D eigenvalue weighted by molar-refractivity contribution is 5.69. The molecule has 1 aliphatic rings. The van der Waals surface area contributed by atoms with Gasteiger partial charge in [-0.2, -0.15) is 0 Å². The van der Waals surface area contributed by atoms with Gasteiger partial charge in [0.25, 0.3) is 0 Å². The molecule has 0 spiro atoms. The van der Waals surface area contributed by atoms with Crippen molar-refractivity contribution >= 4 is 5.97 Å². The van der Waals surface area contributed by atoms with Gasteiger partial charge in [0.2, 0.25) is 0 Å². The first-order chi connectivity index (χ1) is 10.2. The number of hydrogen-bond acceptors (Lipinski definition) is 5. The maximum Gasteiger partial charge on any atom is 0.305 e. The largest absolute Gasteiger partial charge is 0.490 e. The number of carbonyl (C=O) groups is 1. The molecule has 0 saturated carbocycles. The molecule has 0 bridgehead atoms. The van der Waals surface area contributed by atoms with E-state index in [9.17, 15) is 4.79 Å². The molecule has 0 saturated heterocycles. The predicted molar refractivity (Wildman–Crippen MR) is 79.7 cm³/mol. The quantitative estimate of drug-likeness (QED) is 0.613. The highest BCUT2D eigenvalue weighted by atomic mass is 16.5. The third kappa shape index (κ3) is 3.88. The van der Waals surface area contributed by atoms with Gasteiger partial charge in [0.05, 0.1) is 20.3 Å². The summed E-state index contributed by atoms with van der Waals surface area (Å²) in [4.78, 5) is 11.1. The summed E-state index contributed by atoms with van der Waals surface area (Å²) >= 11 is 0. The lowest BCUT2D eigenvalue weighted by atomic mass is 10.1. The Hall–Kier alpha value is -1.75. The minimum atomic E-state index is -0.219. The summed E-state index contributed by atoms with van der Waals surface area (Å²) in [6.45, 7) is 2.99. The molecule has 0 aliphatic heterocycles. The van der Waals surface area contributed by atoms with Crippen molar-refractivity contribution in [3.63, 3.8) is 0 Å². The molecule has 2 rings (SSSR count). The van der Waals surface area contributed by atoms with Crippen LogP contribution in [0.25, 0.3) is 0 Å². The van der Waals surface area contributed by atoms with E-state index in [1.54, 1.807) is 0 Å². The molecule has 0 radical (unpaired) electrons. The van der Waals surface area contributed by atoms with Gasteiger partial charge in [-0.3, -0.25) is 4.79 Å². The van der Waals surface area contributed by atoms with Crippen LogP contribution in [0.15, 0.2) is 12.1 Å². The summed E-state index contributed by atoms with van der Waals surface area (Å²) in [6.07, 6.45) is 2.66. The lowest BCUT2D eigenvalue weighted by molar-refractivity contribution is -0.140. The van der Waals surface area contributed by atoms with Gasteiger partial charge in [-0.15, -0.1) is 0 Å². The Morgan fingerprint density at radius 1 is 1.33 bits per heavy atom. The second-order valence-corrected chi connectivity index (χ2v) is 5.16. The van der Waals surface area contributed by atoms with Gasteiger partial charge in [0, 0.05) is 18.0 Å². The van der Waals surface area contributed by atoms with Crippen LogP contribution in [0.2, 0.25) is 0 Å². The smallest absolute Gasteiger partial charge is 0.305 e. The topological polar surface area (TPSA) is 70.8 Å². The fourth-order valence-corrected chi connectivity index (χ4v) is 2.60. The van der Waals surface area contributed by atoms with E-state index >= 15 is 0 Å². The summed E-state index contributed by atoms with van der Waals surface area (Å²) < 4.78 is 16.1. The maximum atomic E-state index is 11.1. The molecule has 21 heavy (non-hydrogen) atoms. The summed E-state index contributed by atoms with van der Waals surface area (Å²) in [6, 6.07) is 4.15. The van der Waals surface area contributed by atoms with Crippen molar-refractivity contribution in [2.24, 2.45) is 5.73 Å². The summed E-state index contributed by atoms with van der Waals surface area (Å²) in [7, 11) is 1.39. The predicted octanol–water partition coefficient (Wildman–Crippen LogP) is 1.84. The monoisotopic (exact) mass is 293 g/mol. The van der Waals surface area contributed by atoms with Crippen LogP contribution in [-0.2, 0) is 22.4 Å². The van der Waals surface area contributed by atoms with Crippen molar-refractivity contribution in [2.45, 2.75) is 38.6 Å². The molecular weight excluding hydrogens is 270 g/mol. The van der Waals surface area contributed by atoms with Gasteiger partial charge in [0.1, 0.15) is 0 Å². The van der Waals surface area contributed by atoms with Gasteiger partial charge in [-0.25, -0.2) is 0 Å².